The van der Waals surface area contributed by atoms with E-state index in [1.165, 1.54) is 0 Å². The van der Waals surface area contributed by atoms with E-state index < -0.39 is 5.97 Å². The molecule has 1 aliphatic carbocycles. The fourth-order valence-corrected chi connectivity index (χ4v) is 1.58. The Labute approximate surface area is 59.7 Å². The summed E-state index contributed by atoms with van der Waals surface area (Å²) < 4.78 is 0. The van der Waals surface area contributed by atoms with E-state index >= 15 is 0 Å². The van der Waals surface area contributed by atoms with Crippen LogP contribution in [0.2, 0.25) is 0 Å². The molecule has 2 atom stereocenters. The van der Waals surface area contributed by atoms with Crippen molar-refractivity contribution in [3.05, 3.63) is 0 Å². The van der Waals surface area contributed by atoms with Gasteiger partial charge < -0.3 is 10.2 Å². The number of rotatable bonds is 2. The lowest BCUT2D eigenvalue weighted by Crippen LogP contribution is -2.03. The molecule has 3 nitrogen and oxygen atoms in total. The highest BCUT2D eigenvalue weighted by Gasteiger charge is 2.61. The predicted molar refractivity (Wildman–Crippen MR) is 35.5 cm³/mol. The van der Waals surface area contributed by atoms with Crippen LogP contribution in [0.3, 0.4) is 0 Å². The molecule has 2 N–H and O–H groups in total. The molecule has 0 aromatic rings. The summed E-state index contributed by atoms with van der Waals surface area (Å²) in [6, 6.07) is 0. The topological polar surface area (TPSA) is 57.5 Å². The van der Waals surface area contributed by atoms with E-state index in [9.17, 15) is 4.79 Å². The summed E-state index contributed by atoms with van der Waals surface area (Å²) >= 11 is 0. The first-order chi connectivity index (χ1) is 4.51. The maximum atomic E-state index is 10.4. The van der Waals surface area contributed by atoms with Gasteiger partial charge in [-0.05, 0) is 5.41 Å². The highest BCUT2D eigenvalue weighted by Crippen LogP contribution is 2.57. The zero-order chi connectivity index (χ0) is 7.94. The van der Waals surface area contributed by atoms with Gasteiger partial charge in [-0.2, -0.15) is 0 Å². The number of hydrogen-bond donors (Lipinski definition) is 2. The second-order valence-electron chi connectivity index (χ2n) is 3.43. The molecule has 1 saturated carbocycles. The molecule has 0 radical (unpaired) electrons. The summed E-state index contributed by atoms with van der Waals surface area (Å²) in [6.07, 6.45) is 0. The first-order valence-electron chi connectivity index (χ1n) is 3.35. The Hall–Kier alpha value is -0.570. The molecule has 0 unspecified atom stereocenters. The smallest absolute Gasteiger partial charge is 0.307 e. The highest BCUT2D eigenvalue weighted by molar-refractivity contribution is 5.75. The van der Waals surface area contributed by atoms with Gasteiger partial charge >= 0.3 is 5.97 Å². The van der Waals surface area contributed by atoms with Crippen LogP contribution in [0.4, 0.5) is 0 Å². The van der Waals surface area contributed by atoms with Crippen molar-refractivity contribution in [2.75, 3.05) is 6.61 Å². The van der Waals surface area contributed by atoms with Crippen LogP contribution in [-0.2, 0) is 4.79 Å². The summed E-state index contributed by atoms with van der Waals surface area (Å²) in [5, 5.41) is 17.3. The molecular weight excluding hydrogens is 132 g/mol. The van der Waals surface area contributed by atoms with Gasteiger partial charge in [0.25, 0.3) is 0 Å². The maximum Gasteiger partial charge on any atom is 0.307 e. The van der Waals surface area contributed by atoms with Gasteiger partial charge in [0, 0.05) is 12.5 Å². The number of hydrogen-bond acceptors (Lipinski definition) is 2. The first kappa shape index (κ1) is 7.54. The third-order valence-electron chi connectivity index (χ3n) is 2.51. The first-order valence-corrected chi connectivity index (χ1v) is 3.35. The average molecular weight is 144 g/mol. The fraction of sp³-hybridized carbons (Fsp3) is 0.857. The third-order valence-corrected chi connectivity index (χ3v) is 2.51. The van der Waals surface area contributed by atoms with Crippen LogP contribution in [0.25, 0.3) is 0 Å². The SMILES string of the molecule is CC1(C)[C@H](CO)[C@@H]1C(=O)O. The molecule has 0 spiro atoms. The van der Waals surface area contributed by atoms with Crippen molar-refractivity contribution in [2.24, 2.45) is 17.3 Å². The molecule has 0 amide bonds. The van der Waals surface area contributed by atoms with Gasteiger partial charge in [0.2, 0.25) is 0 Å². The number of aliphatic carboxylic acids is 1. The highest BCUT2D eigenvalue weighted by atomic mass is 16.4. The molecule has 0 bridgehead atoms. The lowest BCUT2D eigenvalue weighted by atomic mass is 10.1. The van der Waals surface area contributed by atoms with Crippen LogP contribution in [0.5, 0.6) is 0 Å². The van der Waals surface area contributed by atoms with E-state index in [4.69, 9.17) is 10.2 Å². The molecular formula is C7H12O3. The number of carboxylic acid groups (broad SMARTS) is 1. The molecule has 1 rings (SSSR count). The van der Waals surface area contributed by atoms with Gasteiger partial charge in [-0.1, -0.05) is 13.8 Å². The van der Waals surface area contributed by atoms with Gasteiger partial charge in [0.1, 0.15) is 0 Å². The molecule has 10 heavy (non-hydrogen) atoms. The standard InChI is InChI=1S/C7H12O3/c1-7(2)4(3-8)5(7)6(9)10/h4-5,8H,3H2,1-2H3,(H,9,10)/t4-,5-/m1/s1. The number of aliphatic hydroxyl groups is 1. The Morgan fingerprint density at radius 1 is 1.60 bits per heavy atom. The van der Waals surface area contributed by atoms with E-state index in [0.29, 0.717) is 0 Å². The molecule has 0 heterocycles. The number of aliphatic hydroxyl groups excluding tert-OH is 1. The van der Waals surface area contributed by atoms with Gasteiger partial charge in [-0.25, -0.2) is 0 Å². The molecule has 3 heteroatoms. The molecule has 1 fully saturated rings. The Balaban J connectivity index is 2.61. The second kappa shape index (κ2) is 1.95. The Bertz CT molecular complexity index is 162. The lowest BCUT2D eigenvalue weighted by molar-refractivity contribution is -0.139. The molecule has 0 aromatic carbocycles. The molecule has 58 valence electrons. The second-order valence-corrected chi connectivity index (χ2v) is 3.43. The minimum absolute atomic E-state index is 0.00995. The quantitative estimate of drug-likeness (QED) is 0.587. The van der Waals surface area contributed by atoms with Crippen LogP contribution < -0.4 is 0 Å². The predicted octanol–water partition coefficient (Wildman–Crippen LogP) is 0.336. The normalized spacial score (nSPS) is 35.5. The van der Waals surface area contributed by atoms with E-state index in [1.54, 1.807) is 0 Å². The fourth-order valence-electron chi connectivity index (χ4n) is 1.58. The van der Waals surface area contributed by atoms with Crippen LogP contribution in [-0.4, -0.2) is 22.8 Å². The van der Waals surface area contributed by atoms with Crippen LogP contribution in [0.15, 0.2) is 0 Å². The zero-order valence-corrected chi connectivity index (χ0v) is 6.16. The van der Waals surface area contributed by atoms with E-state index in [-0.39, 0.29) is 23.9 Å². The minimum atomic E-state index is -0.788. The number of carboxylic acids is 1. The molecule has 1 aliphatic rings. The van der Waals surface area contributed by atoms with Gasteiger partial charge in [0.15, 0.2) is 0 Å². The van der Waals surface area contributed by atoms with Crippen LogP contribution >= 0.6 is 0 Å². The summed E-state index contributed by atoms with van der Waals surface area (Å²) in [4.78, 5) is 10.4. The molecule has 0 saturated heterocycles. The summed E-state index contributed by atoms with van der Waals surface area (Å²) in [5.74, 6) is -1.16. The van der Waals surface area contributed by atoms with E-state index in [1.807, 2.05) is 13.8 Å². The summed E-state index contributed by atoms with van der Waals surface area (Å²) in [5.41, 5.74) is -0.194. The van der Waals surface area contributed by atoms with Crippen molar-refractivity contribution >= 4 is 5.97 Å². The third kappa shape index (κ3) is 0.814. The largest absolute Gasteiger partial charge is 0.481 e. The van der Waals surface area contributed by atoms with Crippen molar-refractivity contribution < 1.29 is 15.0 Å². The van der Waals surface area contributed by atoms with Crippen LogP contribution in [0, 0.1) is 17.3 Å². The van der Waals surface area contributed by atoms with E-state index in [0.717, 1.165) is 0 Å². The Morgan fingerprint density at radius 2 is 2.10 bits per heavy atom. The molecule has 0 aliphatic heterocycles. The van der Waals surface area contributed by atoms with Crippen molar-refractivity contribution in [2.45, 2.75) is 13.8 Å². The van der Waals surface area contributed by atoms with E-state index in [2.05, 4.69) is 0 Å². The summed E-state index contributed by atoms with van der Waals surface area (Å²) in [7, 11) is 0. The number of carbonyl (C=O) groups is 1. The van der Waals surface area contributed by atoms with Crippen molar-refractivity contribution in [1.29, 1.82) is 0 Å². The lowest BCUT2D eigenvalue weighted by Gasteiger charge is -1.96. The minimum Gasteiger partial charge on any atom is -0.481 e. The van der Waals surface area contributed by atoms with Crippen molar-refractivity contribution in [1.82, 2.24) is 0 Å². The van der Waals surface area contributed by atoms with Gasteiger partial charge in [-0.15, -0.1) is 0 Å². The summed E-state index contributed by atoms with van der Waals surface area (Å²) in [6.45, 7) is 3.73. The molecule has 0 aromatic heterocycles. The average Bonchev–Trinajstić information content (AvgIpc) is 2.33. The van der Waals surface area contributed by atoms with Crippen molar-refractivity contribution in [3.63, 3.8) is 0 Å². The van der Waals surface area contributed by atoms with Gasteiger partial charge in [-0.3, -0.25) is 4.79 Å². The maximum absolute atomic E-state index is 10.4. The van der Waals surface area contributed by atoms with Gasteiger partial charge in [0.05, 0.1) is 5.92 Å². The van der Waals surface area contributed by atoms with Crippen LogP contribution in [0.1, 0.15) is 13.8 Å². The Morgan fingerprint density at radius 3 is 2.20 bits per heavy atom. The zero-order valence-electron chi connectivity index (χ0n) is 6.16. The monoisotopic (exact) mass is 144 g/mol. The Kier molecular flexibility index (Phi) is 1.47. The van der Waals surface area contributed by atoms with Crippen molar-refractivity contribution in [3.8, 4) is 0 Å².